The molecule has 0 spiro atoms. The number of aldehydes is 1. The second-order valence-corrected chi connectivity index (χ2v) is 9.18. The summed E-state index contributed by atoms with van der Waals surface area (Å²) in [6.07, 6.45) is 1.85. The Bertz CT molecular complexity index is 1290. The lowest BCUT2D eigenvalue weighted by Gasteiger charge is -2.14. The first kappa shape index (κ1) is 25.4. The van der Waals surface area contributed by atoms with Crippen LogP contribution in [0.15, 0.2) is 36.5 Å². The van der Waals surface area contributed by atoms with Gasteiger partial charge in [-0.05, 0) is 57.5 Å². The Morgan fingerprint density at radius 2 is 1.88 bits per heavy atom. The van der Waals surface area contributed by atoms with Gasteiger partial charge in [0.25, 0.3) is 0 Å². The van der Waals surface area contributed by atoms with Crippen LogP contribution in [0.2, 0.25) is 0 Å². The molecule has 0 unspecified atom stereocenters. The van der Waals surface area contributed by atoms with Gasteiger partial charge in [0.15, 0.2) is 6.29 Å². The Morgan fingerprint density at radius 1 is 1.15 bits per heavy atom. The van der Waals surface area contributed by atoms with Gasteiger partial charge in [0.2, 0.25) is 5.88 Å². The molecule has 34 heavy (non-hydrogen) atoms. The van der Waals surface area contributed by atoms with Crippen LogP contribution >= 0.6 is 11.3 Å². The molecule has 0 aliphatic heterocycles. The van der Waals surface area contributed by atoms with Crippen LogP contribution < -0.4 is 9.47 Å². The highest BCUT2D eigenvalue weighted by Gasteiger charge is 2.16. The normalized spacial score (nSPS) is 11.4. The molecule has 0 atom stereocenters. The van der Waals surface area contributed by atoms with Crippen molar-refractivity contribution in [2.75, 3.05) is 13.7 Å². The van der Waals surface area contributed by atoms with Gasteiger partial charge in [-0.25, -0.2) is 15.0 Å². The quantitative estimate of drug-likeness (QED) is 0.315. The van der Waals surface area contributed by atoms with E-state index in [2.05, 4.69) is 19.7 Å². The highest BCUT2D eigenvalue weighted by atomic mass is 32.1. The van der Waals surface area contributed by atoms with Crippen molar-refractivity contribution in [1.82, 2.24) is 15.0 Å². The summed E-state index contributed by atoms with van der Waals surface area (Å²) in [7, 11) is 1.71. The van der Waals surface area contributed by atoms with Gasteiger partial charge < -0.3 is 14.2 Å². The standard InChI is InChI=1S/C19H13F2N3O3S.C5H12O/c1-10-7-11(16-13(8-10)23-15(9-22-16)27-19(20)21)18-24-12-3-2-4-14(17(12)28-18)26-6-5-25;1-5(2,3)6-4/h2-5,7-9,19H,6H2,1H3;1-4H3. The first-order valence-electron chi connectivity index (χ1n) is 10.3. The number of thiazole rings is 1. The molecule has 0 fully saturated rings. The Kier molecular flexibility index (Phi) is 8.06. The number of aryl methyl sites for hydroxylation is 1. The van der Waals surface area contributed by atoms with E-state index >= 15 is 0 Å². The van der Waals surface area contributed by atoms with Gasteiger partial charge in [0.05, 0.1) is 33.0 Å². The van der Waals surface area contributed by atoms with E-state index in [-0.39, 0.29) is 18.1 Å². The van der Waals surface area contributed by atoms with Gasteiger partial charge in [-0.1, -0.05) is 6.07 Å². The van der Waals surface area contributed by atoms with E-state index in [0.29, 0.717) is 28.1 Å². The third kappa shape index (κ3) is 6.42. The monoisotopic (exact) mass is 489 g/mol. The Morgan fingerprint density at radius 3 is 2.53 bits per heavy atom. The maximum atomic E-state index is 12.5. The number of rotatable bonds is 6. The van der Waals surface area contributed by atoms with Crippen molar-refractivity contribution in [3.8, 4) is 22.2 Å². The zero-order valence-electron chi connectivity index (χ0n) is 19.5. The number of ether oxygens (including phenoxy) is 3. The molecule has 0 aliphatic carbocycles. The van der Waals surface area contributed by atoms with Crippen molar-refractivity contribution in [3.05, 3.63) is 42.1 Å². The number of aromatic nitrogens is 3. The number of benzene rings is 2. The molecular weight excluding hydrogens is 464 g/mol. The highest BCUT2D eigenvalue weighted by molar-refractivity contribution is 7.22. The Hall–Kier alpha value is -3.24. The lowest BCUT2D eigenvalue weighted by molar-refractivity contribution is -0.109. The number of alkyl halides is 2. The number of hydrogen-bond donors (Lipinski definition) is 0. The Balaban J connectivity index is 0.000000481. The topological polar surface area (TPSA) is 83.4 Å². The van der Waals surface area contributed by atoms with Crippen molar-refractivity contribution >= 4 is 38.9 Å². The molecule has 2 aromatic carbocycles. The van der Waals surface area contributed by atoms with Crippen LogP contribution in [-0.2, 0) is 9.53 Å². The summed E-state index contributed by atoms with van der Waals surface area (Å²) in [5.74, 6) is 0.330. The predicted octanol–water partition coefficient (Wildman–Crippen LogP) is 5.83. The molecule has 2 heterocycles. The van der Waals surface area contributed by atoms with E-state index < -0.39 is 6.61 Å². The van der Waals surface area contributed by atoms with Gasteiger partial charge in [-0.2, -0.15) is 8.78 Å². The van der Waals surface area contributed by atoms with Crippen LogP contribution in [0.3, 0.4) is 0 Å². The van der Waals surface area contributed by atoms with Crippen molar-refractivity contribution in [1.29, 1.82) is 0 Å². The molecule has 0 saturated carbocycles. The van der Waals surface area contributed by atoms with Crippen LogP contribution in [0.1, 0.15) is 26.3 Å². The van der Waals surface area contributed by atoms with E-state index in [1.165, 1.54) is 17.5 Å². The van der Waals surface area contributed by atoms with Crippen molar-refractivity contribution in [3.63, 3.8) is 0 Å². The number of fused-ring (bicyclic) bond motifs is 2. The van der Waals surface area contributed by atoms with Gasteiger partial charge >= 0.3 is 6.61 Å². The summed E-state index contributed by atoms with van der Waals surface area (Å²) >= 11 is 1.39. The number of carbonyl (C=O) groups excluding carboxylic acids is 1. The van der Waals surface area contributed by atoms with Crippen molar-refractivity contribution in [2.24, 2.45) is 0 Å². The van der Waals surface area contributed by atoms with Gasteiger partial charge in [0.1, 0.15) is 17.4 Å². The highest BCUT2D eigenvalue weighted by Crippen LogP contribution is 2.38. The average Bonchev–Trinajstić information content (AvgIpc) is 3.21. The average molecular weight is 490 g/mol. The van der Waals surface area contributed by atoms with E-state index in [0.717, 1.165) is 21.3 Å². The summed E-state index contributed by atoms with van der Waals surface area (Å²) in [5.41, 5.74) is 3.34. The fraction of sp³-hybridized carbons (Fsp3) is 0.333. The minimum atomic E-state index is -2.97. The molecule has 0 radical (unpaired) electrons. The molecule has 0 bridgehead atoms. The number of carbonyl (C=O) groups is 1. The molecule has 0 amide bonds. The summed E-state index contributed by atoms with van der Waals surface area (Å²) in [4.78, 5) is 23.6. The van der Waals surface area contributed by atoms with Crippen LogP contribution in [0.5, 0.6) is 11.6 Å². The maximum Gasteiger partial charge on any atom is 0.388 e. The lowest BCUT2D eigenvalue weighted by Crippen LogP contribution is -2.15. The van der Waals surface area contributed by atoms with Crippen LogP contribution in [0.25, 0.3) is 31.8 Å². The molecule has 2 aromatic heterocycles. The number of nitrogens with zero attached hydrogens (tertiary/aromatic N) is 3. The molecule has 0 aliphatic rings. The molecule has 4 aromatic rings. The van der Waals surface area contributed by atoms with Crippen LogP contribution in [0.4, 0.5) is 8.78 Å². The van der Waals surface area contributed by atoms with Crippen molar-refractivity contribution < 1.29 is 27.8 Å². The summed E-state index contributed by atoms with van der Waals surface area (Å²) < 4.78 is 40.5. The maximum absolute atomic E-state index is 12.5. The zero-order valence-corrected chi connectivity index (χ0v) is 20.3. The van der Waals surface area contributed by atoms with Crippen LogP contribution in [-0.4, -0.2) is 47.2 Å². The molecule has 7 nitrogen and oxygen atoms in total. The fourth-order valence-electron chi connectivity index (χ4n) is 2.84. The number of halogens is 2. The zero-order chi connectivity index (χ0) is 24.9. The molecule has 10 heteroatoms. The second-order valence-electron chi connectivity index (χ2n) is 8.18. The van der Waals surface area contributed by atoms with Gasteiger partial charge in [0, 0.05) is 12.7 Å². The first-order valence-corrected chi connectivity index (χ1v) is 11.2. The first-order chi connectivity index (χ1) is 16.1. The van der Waals surface area contributed by atoms with Gasteiger partial charge in [-0.3, -0.25) is 4.79 Å². The van der Waals surface area contributed by atoms with E-state index in [9.17, 15) is 13.6 Å². The van der Waals surface area contributed by atoms with E-state index in [1.54, 1.807) is 25.3 Å². The SMILES string of the molecule is COC(C)(C)C.Cc1cc(-c2nc3cccc(OCC=O)c3s2)c2ncc(OC(F)F)nc2c1. The van der Waals surface area contributed by atoms with E-state index in [1.807, 2.05) is 39.8 Å². The van der Waals surface area contributed by atoms with Gasteiger partial charge in [-0.15, -0.1) is 11.3 Å². The Labute approximate surface area is 199 Å². The van der Waals surface area contributed by atoms with E-state index in [4.69, 9.17) is 9.47 Å². The third-order valence-corrected chi connectivity index (χ3v) is 5.63. The van der Waals surface area contributed by atoms with Crippen molar-refractivity contribution in [2.45, 2.75) is 39.9 Å². The largest absolute Gasteiger partial charge is 0.485 e. The summed E-state index contributed by atoms with van der Waals surface area (Å²) in [6.45, 7) is 4.92. The lowest BCUT2D eigenvalue weighted by atomic mass is 10.1. The minimum absolute atomic E-state index is 0.0417. The summed E-state index contributed by atoms with van der Waals surface area (Å²) in [5, 5.41) is 0.683. The van der Waals surface area contributed by atoms with Crippen LogP contribution in [0, 0.1) is 6.92 Å². The second kappa shape index (κ2) is 10.8. The minimum Gasteiger partial charge on any atom is -0.485 e. The fourth-order valence-corrected chi connectivity index (χ4v) is 3.88. The number of hydrogen-bond acceptors (Lipinski definition) is 8. The molecular formula is C24H25F2N3O4S. The smallest absolute Gasteiger partial charge is 0.388 e. The molecule has 0 saturated heterocycles. The summed E-state index contributed by atoms with van der Waals surface area (Å²) in [6, 6.07) is 9.08. The number of methoxy groups -OCH3 is 1. The molecule has 180 valence electrons. The predicted molar refractivity (Wildman–Crippen MR) is 128 cm³/mol. The molecule has 4 rings (SSSR count). The third-order valence-electron chi connectivity index (χ3n) is 4.51. The molecule has 0 N–H and O–H groups in total.